The molecule has 0 amide bonds. The Morgan fingerprint density at radius 3 is 2.07 bits per heavy atom. The monoisotopic (exact) mass is 207 g/mol. The Morgan fingerprint density at radius 1 is 1.27 bits per heavy atom. The first-order valence-corrected chi connectivity index (χ1v) is 4.48. The highest BCUT2D eigenvalue weighted by molar-refractivity contribution is 5.82. The van der Waals surface area contributed by atoms with Crippen LogP contribution >= 0.6 is 0 Å². The number of benzene rings is 1. The minimum Gasteiger partial charge on any atom is -0.395 e. The van der Waals surface area contributed by atoms with Crippen molar-refractivity contribution in [3.63, 3.8) is 0 Å². The van der Waals surface area contributed by atoms with Crippen molar-refractivity contribution in [3.8, 4) is 12.8 Å². The smallest absolute Gasteiger partial charge is 0.123 e. The second-order valence-corrected chi connectivity index (χ2v) is 2.71. The van der Waals surface area contributed by atoms with Gasteiger partial charge in [-0.2, -0.15) is 0 Å². The summed E-state index contributed by atoms with van der Waals surface area (Å²) in [6.07, 6.45) is 9.01. The normalized spacial score (nSPS) is 12.1. The van der Waals surface area contributed by atoms with Crippen LogP contribution in [-0.2, 0) is 4.84 Å². The minimum atomic E-state index is -0.178. The third kappa shape index (κ3) is 7.27. The number of nitrogens with zero attached hydrogens (tertiary/aromatic N) is 1. The quantitative estimate of drug-likeness (QED) is 0.599. The zero-order valence-corrected chi connectivity index (χ0v) is 8.69. The Kier molecular flexibility index (Phi) is 7.70. The number of rotatable bonds is 0. The number of hydrogen-bond acceptors (Lipinski definition) is 2. The van der Waals surface area contributed by atoms with Crippen LogP contribution in [0.5, 0.6) is 0 Å². The average Bonchev–Trinajstić information content (AvgIpc) is 2.74. The molecule has 1 heterocycles. The molecule has 0 aliphatic carbocycles. The van der Waals surface area contributed by atoms with Gasteiger partial charge in [-0.15, -0.1) is 12.8 Å². The molecule has 0 aromatic heterocycles. The largest absolute Gasteiger partial charge is 0.395 e. The fourth-order valence-electron chi connectivity index (χ4n) is 0.809. The molecular formula is C12H14FNO. The lowest BCUT2D eigenvalue weighted by molar-refractivity contribution is 0.173. The predicted molar refractivity (Wildman–Crippen MR) is 60.0 cm³/mol. The highest BCUT2D eigenvalue weighted by Gasteiger charge is 1.98. The first kappa shape index (κ1) is 13.2. The van der Waals surface area contributed by atoms with Gasteiger partial charge >= 0.3 is 0 Å². The molecule has 0 bridgehead atoms. The first-order valence-electron chi connectivity index (χ1n) is 4.48. The molecule has 0 N–H and O–H groups in total. The summed E-state index contributed by atoms with van der Waals surface area (Å²) in [5.41, 5.74) is 1.11. The minimum absolute atomic E-state index is 0.178. The molecule has 0 spiro atoms. The van der Waals surface area contributed by atoms with Crippen LogP contribution in [-0.4, -0.2) is 12.3 Å². The predicted octanol–water partition coefficient (Wildman–Crippen LogP) is 2.86. The van der Waals surface area contributed by atoms with Crippen molar-refractivity contribution in [1.82, 2.24) is 0 Å². The molecule has 1 aliphatic rings. The van der Waals surface area contributed by atoms with E-state index in [4.69, 9.17) is 0 Å². The van der Waals surface area contributed by atoms with Crippen molar-refractivity contribution >= 4 is 5.71 Å². The van der Waals surface area contributed by atoms with Crippen LogP contribution in [0.4, 0.5) is 4.39 Å². The average molecular weight is 207 g/mol. The van der Waals surface area contributed by atoms with Crippen molar-refractivity contribution in [3.05, 3.63) is 36.1 Å². The van der Waals surface area contributed by atoms with Crippen LogP contribution in [0.3, 0.4) is 0 Å². The maximum absolute atomic E-state index is 11.9. The Morgan fingerprint density at radius 2 is 1.87 bits per heavy atom. The molecule has 80 valence electrons. The van der Waals surface area contributed by atoms with E-state index < -0.39 is 0 Å². The Bertz CT molecular complexity index is 306. The SMILES string of the molecule is C#C.CC1=NOCC1.Fc1ccccc1. The molecule has 2 rings (SSSR count). The van der Waals surface area contributed by atoms with E-state index in [1.807, 2.05) is 6.92 Å². The summed E-state index contributed by atoms with van der Waals surface area (Å²) >= 11 is 0. The standard InChI is InChI=1S/C6H5F.C4H7NO.C2H2/c7-6-4-2-1-3-5-6;1-4-2-3-6-5-4;1-2/h1-5H;2-3H2,1H3;1-2H. The lowest BCUT2D eigenvalue weighted by Crippen LogP contribution is -1.82. The Hall–Kier alpha value is -1.82. The van der Waals surface area contributed by atoms with Crippen molar-refractivity contribution in [1.29, 1.82) is 0 Å². The van der Waals surface area contributed by atoms with Crippen molar-refractivity contribution in [2.24, 2.45) is 5.16 Å². The van der Waals surface area contributed by atoms with E-state index in [9.17, 15) is 4.39 Å². The van der Waals surface area contributed by atoms with Gasteiger partial charge < -0.3 is 4.84 Å². The van der Waals surface area contributed by atoms with Crippen LogP contribution in [0.15, 0.2) is 35.5 Å². The van der Waals surface area contributed by atoms with Crippen LogP contribution in [0, 0.1) is 18.7 Å². The van der Waals surface area contributed by atoms with Crippen LogP contribution in [0.2, 0.25) is 0 Å². The van der Waals surface area contributed by atoms with E-state index in [1.165, 1.54) is 12.1 Å². The topological polar surface area (TPSA) is 21.6 Å². The van der Waals surface area contributed by atoms with Gasteiger partial charge in [-0.25, -0.2) is 4.39 Å². The lowest BCUT2D eigenvalue weighted by Gasteiger charge is -1.78. The maximum Gasteiger partial charge on any atom is 0.123 e. The first-order chi connectivity index (χ1) is 7.29. The van der Waals surface area contributed by atoms with Gasteiger partial charge in [0.15, 0.2) is 0 Å². The summed E-state index contributed by atoms with van der Waals surface area (Å²) < 4.78 is 11.9. The Labute approximate surface area is 89.8 Å². The highest BCUT2D eigenvalue weighted by Crippen LogP contribution is 1.96. The van der Waals surface area contributed by atoms with E-state index >= 15 is 0 Å². The van der Waals surface area contributed by atoms with Gasteiger partial charge in [0.2, 0.25) is 0 Å². The number of oxime groups is 1. The fourth-order valence-corrected chi connectivity index (χ4v) is 0.809. The summed E-state index contributed by atoms with van der Waals surface area (Å²) in [5.74, 6) is -0.178. The molecule has 1 aliphatic heterocycles. The highest BCUT2D eigenvalue weighted by atomic mass is 19.1. The van der Waals surface area contributed by atoms with Crippen LogP contribution in [0.25, 0.3) is 0 Å². The van der Waals surface area contributed by atoms with Crippen molar-refractivity contribution < 1.29 is 9.23 Å². The van der Waals surface area contributed by atoms with E-state index in [0.29, 0.717) is 0 Å². The summed E-state index contributed by atoms with van der Waals surface area (Å²) in [6.45, 7) is 2.75. The van der Waals surface area contributed by atoms with Crippen LogP contribution in [0.1, 0.15) is 13.3 Å². The summed E-state index contributed by atoms with van der Waals surface area (Å²) in [7, 11) is 0. The van der Waals surface area contributed by atoms with Gasteiger partial charge in [0.1, 0.15) is 12.4 Å². The van der Waals surface area contributed by atoms with Gasteiger partial charge in [0.05, 0.1) is 5.71 Å². The third-order valence-electron chi connectivity index (χ3n) is 1.51. The second-order valence-electron chi connectivity index (χ2n) is 2.71. The molecule has 3 heteroatoms. The Balaban J connectivity index is 0.000000227. The molecule has 0 atom stereocenters. The molecular weight excluding hydrogens is 193 g/mol. The molecule has 0 fully saturated rings. The van der Waals surface area contributed by atoms with E-state index in [-0.39, 0.29) is 5.82 Å². The van der Waals surface area contributed by atoms with Crippen molar-refractivity contribution in [2.75, 3.05) is 6.61 Å². The van der Waals surface area contributed by atoms with Crippen molar-refractivity contribution in [2.45, 2.75) is 13.3 Å². The molecule has 1 aromatic carbocycles. The fraction of sp³-hybridized carbons (Fsp3) is 0.250. The van der Waals surface area contributed by atoms with E-state index in [0.717, 1.165) is 18.7 Å². The lowest BCUT2D eigenvalue weighted by atomic mass is 10.3. The summed E-state index contributed by atoms with van der Waals surface area (Å²) in [4.78, 5) is 4.64. The molecule has 1 aromatic rings. The van der Waals surface area contributed by atoms with Gasteiger partial charge in [-0.1, -0.05) is 23.4 Å². The number of hydrogen-bond donors (Lipinski definition) is 0. The van der Waals surface area contributed by atoms with Crippen LogP contribution < -0.4 is 0 Å². The molecule has 0 unspecified atom stereocenters. The molecule has 0 saturated carbocycles. The summed E-state index contributed by atoms with van der Waals surface area (Å²) in [6, 6.07) is 7.94. The van der Waals surface area contributed by atoms with E-state index in [2.05, 4.69) is 22.8 Å². The van der Waals surface area contributed by atoms with Gasteiger partial charge in [0.25, 0.3) is 0 Å². The van der Waals surface area contributed by atoms with E-state index in [1.54, 1.807) is 18.2 Å². The summed E-state index contributed by atoms with van der Waals surface area (Å²) in [5, 5.41) is 3.65. The molecule has 0 saturated heterocycles. The molecule has 2 nitrogen and oxygen atoms in total. The zero-order valence-electron chi connectivity index (χ0n) is 8.69. The molecule has 0 radical (unpaired) electrons. The second kappa shape index (κ2) is 8.76. The maximum atomic E-state index is 11.9. The van der Waals surface area contributed by atoms with Gasteiger partial charge in [0, 0.05) is 6.42 Å². The zero-order chi connectivity index (χ0) is 11.5. The van der Waals surface area contributed by atoms with Gasteiger partial charge in [-0.3, -0.25) is 0 Å². The molecule has 15 heavy (non-hydrogen) atoms. The third-order valence-corrected chi connectivity index (χ3v) is 1.51. The number of halogens is 1. The number of terminal acetylenes is 1. The van der Waals surface area contributed by atoms with Gasteiger partial charge in [-0.05, 0) is 19.1 Å².